The first-order valence-corrected chi connectivity index (χ1v) is 13.2. The summed E-state index contributed by atoms with van der Waals surface area (Å²) >= 11 is 1.11. The highest BCUT2D eigenvalue weighted by molar-refractivity contribution is 7.15. The molecule has 2 fully saturated rings. The quantitative estimate of drug-likeness (QED) is 0.270. The highest BCUT2D eigenvalue weighted by Gasteiger charge is 2.23. The topological polar surface area (TPSA) is 143 Å². The summed E-state index contributed by atoms with van der Waals surface area (Å²) in [6, 6.07) is 2.52. The highest BCUT2D eigenvalue weighted by atomic mass is 32.1. The van der Waals surface area contributed by atoms with Crippen LogP contribution in [0.2, 0.25) is 0 Å². The number of rotatable bonds is 7. The normalized spacial score (nSPS) is 15.6. The summed E-state index contributed by atoms with van der Waals surface area (Å²) in [5.41, 5.74) is 0.875. The molecule has 3 heterocycles. The van der Waals surface area contributed by atoms with Crippen LogP contribution in [-0.2, 0) is 4.79 Å². The first-order valence-electron chi connectivity index (χ1n) is 12.4. The van der Waals surface area contributed by atoms with Crippen molar-refractivity contribution in [3.8, 4) is 28.7 Å². The van der Waals surface area contributed by atoms with Crippen molar-refractivity contribution in [3.63, 3.8) is 0 Å². The number of amides is 2. The van der Waals surface area contributed by atoms with E-state index < -0.39 is 23.9 Å². The predicted molar refractivity (Wildman–Crippen MR) is 145 cm³/mol. The van der Waals surface area contributed by atoms with Crippen molar-refractivity contribution in [1.82, 2.24) is 20.2 Å². The molecule has 40 heavy (non-hydrogen) atoms. The van der Waals surface area contributed by atoms with E-state index in [1.54, 1.807) is 0 Å². The number of hydrogen-bond acceptors (Lipinski definition) is 9. The molecule has 3 aromatic heterocycles. The SMILES string of the molecule is COc1cnc(C(F)F)cc1-c1cc(NC(=O)/C=C2/CCCC2=N)ncc1C(=O)Nc1nnc(C#CC2CC2)s1. The van der Waals surface area contributed by atoms with Gasteiger partial charge in [0.15, 0.2) is 5.01 Å². The summed E-state index contributed by atoms with van der Waals surface area (Å²) in [6.45, 7) is 0. The van der Waals surface area contributed by atoms with Crippen LogP contribution in [0.4, 0.5) is 19.7 Å². The van der Waals surface area contributed by atoms with Gasteiger partial charge in [0.05, 0.1) is 18.9 Å². The Bertz CT molecular complexity index is 1590. The summed E-state index contributed by atoms with van der Waals surface area (Å²) in [5.74, 6) is 5.48. The van der Waals surface area contributed by atoms with Crippen LogP contribution in [0, 0.1) is 23.2 Å². The molecule has 204 valence electrons. The predicted octanol–water partition coefficient (Wildman–Crippen LogP) is 5.02. The lowest BCUT2D eigenvalue weighted by Gasteiger charge is -2.15. The molecular formula is C27H23F2N7O3S. The van der Waals surface area contributed by atoms with Crippen LogP contribution >= 0.6 is 11.3 Å². The van der Waals surface area contributed by atoms with Gasteiger partial charge >= 0.3 is 0 Å². The van der Waals surface area contributed by atoms with E-state index in [2.05, 4.69) is 42.6 Å². The van der Waals surface area contributed by atoms with Crippen LogP contribution in [0.25, 0.3) is 11.1 Å². The van der Waals surface area contributed by atoms with Crippen molar-refractivity contribution in [3.05, 3.63) is 52.4 Å². The zero-order valence-electron chi connectivity index (χ0n) is 21.3. The number of pyridine rings is 2. The lowest BCUT2D eigenvalue weighted by Crippen LogP contribution is -2.16. The first kappa shape index (κ1) is 27.0. The minimum atomic E-state index is -2.87. The van der Waals surface area contributed by atoms with Crippen LogP contribution in [0.3, 0.4) is 0 Å². The minimum absolute atomic E-state index is 0.0134. The monoisotopic (exact) mass is 563 g/mol. The van der Waals surface area contributed by atoms with Crippen molar-refractivity contribution in [2.45, 2.75) is 38.5 Å². The third kappa shape index (κ3) is 6.35. The van der Waals surface area contributed by atoms with Crippen molar-refractivity contribution in [2.75, 3.05) is 17.7 Å². The van der Waals surface area contributed by atoms with Gasteiger partial charge in [0.1, 0.15) is 17.3 Å². The summed E-state index contributed by atoms with van der Waals surface area (Å²) in [5, 5.41) is 21.8. The molecule has 0 saturated heterocycles. The summed E-state index contributed by atoms with van der Waals surface area (Å²) < 4.78 is 32.4. The molecule has 0 unspecified atom stereocenters. The van der Waals surface area contributed by atoms with Crippen molar-refractivity contribution >= 4 is 39.8 Å². The molecule has 3 N–H and O–H groups in total. The maximum absolute atomic E-state index is 13.5. The smallest absolute Gasteiger partial charge is 0.280 e. The van der Waals surface area contributed by atoms with E-state index in [9.17, 15) is 18.4 Å². The van der Waals surface area contributed by atoms with Crippen LogP contribution in [0.1, 0.15) is 59.6 Å². The second-order valence-corrected chi connectivity index (χ2v) is 10.1. The van der Waals surface area contributed by atoms with Crippen LogP contribution in [0.15, 0.2) is 36.2 Å². The number of nitrogens with zero attached hydrogens (tertiary/aromatic N) is 4. The maximum Gasteiger partial charge on any atom is 0.280 e. The van der Waals surface area contributed by atoms with E-state index in [4.69, 9.17) is 10.1 Å². The van der Waals surface area contributed by atoms with Crippen LogP contribution in [0.5, 0.6) is 5.75 Å². The van der Waals surface area contributed by atoms with Crippen LogP contribution in [-0.4, -0.2) is 44.8 Å². The Morgan fingerprint density at radius 1 is 1.15 bits per heavy atom. The molecule has 0 aliphatic heterocycles. The number of allylic oxidation sites excluding steroid dienone is 1. The second-order valence-electron chi connectivity index (χ2n) is 9.13. The number of hydrogen-bond donors (Lipinski definition) is 3. The second kappa shape index (κ2) is 11.7. The third-order valence-corrected chi connectivity index (χ3v) is 6.95. The molecule has 0 spiro atoms. The number of methoxy groups -OCH3 is 1. The van der Waals surface area contributed by atoms with E-state index in [0.29, 0.717) is 35.1 Å². The van der Waals surface area contributed by atoms with Gasteiger partial charge in [-0.2, -0.15) is 0 Å². The number of nitrogens with one attached hydrogen (secondary N) is 3. The summed E-state index contributed by atoms with van der Waals surface area (Å²) in [4.78, 5) is 33.9. The molecule has 0 radical (unpaired) electrons. The number of alkyl halides is 2. The fraction of sp³-hybridized carbons (Fsp3) is 0.296. The van der Waals surface area contributed by atoms with Gasteiger partial charge in [-0.25, -0.2) is 13.8 Å². The van der Waals surface area contributed by atoms with Crippen molar-refractivity contribution in [2.24, 2.45) is 5.92 Å². The van der Waals surface area contributed by atoms with E-state index >= 15 is 0 Å². The molecule has 2 aliphatic carbocycles. The molecule has 2 saturated carbocycles. The number of ether oxygens (including phenoxy) is 1. The fourth-order valence-electron chi connectivity index (χ4n) is 4.01. The van der Waals surface area contributed by atoms with E-state index in [0.717, 1.165) is 42.9 Å². The lowest BCUT2D eigenvalue weighted by molar-refractivity contribution is -0.112. The Hall–Kier alpha value is -4.57. The minimum Gasteiger partial charge on any atom is -0.494 e. The van der Waals surface area contributed by atoms with Gasteiger partial charge < -0.3 is 15.5 Å². The average Bonchev–Trinajstić information content (AvgIpc) is 3.53. The van der Waals surface area contributed by atoms with Gasteiger partial charge in [-0.15, -0.1) is 10.2 Å². The maximum atomic E-state index is 13.5. The summed E-state index contributed by atoms with van der Waals surface area (Å²) in [7, 11) is 1.35. The van der Waals surface area contributed by atoms with Gasteiger partial charge in [0.2, 0.25) is 11.0 Å². The molecular weight excluding hydrogens is 540 g/mol. The number of carbonyl (C=O) groups is 2. The zero-order chi connectivity index (χ0) is 28.2. The molecule has 13 heteroatoms. The fourth-order valence-corrected chi connectivity index (χ4v) is 4.61. The van der Waals surface area contributed by atoms with Gasteiger partial charge in [-0.1, -0.05) is 17.3 Å². The lowest BCUT2D eigenvalue weighted by atomic mass is 10.00. The van der Waals surface area contributed by atoms with E-state index in [1.807, 2.05) is 0 Å². The van der Waals surface area contributed by atoms with Gasteiger partial charge in [0, 0.05) is 35.0 Å². The highest BCUT2D eigenvalue weighted by Crippen LogP contribution is 2.36. The number of halogens is 2. The largest absolute Gasteiger partial charge is 0.494 e. The number of carbonyl (C=O) groups excluding carboxylic acids is 2. The molecule has 0 atom stereocenters. The number of aromatic nitrogens is 4. The Kier molecular flexibility index (Phi) is 7.88. The summed E-state index contributed by atoms with van der Waals surface area (Å²) in [6.07, 6.45) is 5.03. The molecule has 0 bridgehead atoms. The van der Waals surface area contributed by atoms with E-state index in [-0.39, 0.29) is 33.4 Å². The van der Waals surface area contributed by atoms with Crippen molar-refractivity contribution < 1.29 is 23.1 Å². The molecule has 10 nitrogen and oxygen atoms in total. The standard InChI is InChI=1S/C27H23F2N7O3S/c1-39-21-13-31-20(25(28)29)10-17(21)16-11-22(33-23(37)9-15-3-2-4-19(15)30)32-12-18(16)26(38)34-27-36-35-24(40-27)8-7-14-5-6-14/h9-14,25,30H,2-6H2,1H3,(H,32,33,37)(H,34,36,38)/b15-9-,30-19?. The molecule has 3 aromatic rings. The average molecular weight is 564 g/mol. The Labute approximate surface area is 231 Å². The third-order valence-electron chi connectivity index (χ3n) is 6.19. The van der Waals surface area contributed by atoms with Gasteiger partial charge in [0.25, 0.3) is 12.3 Å². The molecule has 2 amide bonds. The van der Waals surface area contributed by atoms with Crippen molar-refractivity contribution in [1.29, 1.82) is 5.41 Å². The van der Waals surface area contributed by atoms with E-state index in [1.165, 1.54) is 25.4 Å². The Balaban J connectivity index is 1.48. The molecule has 5 rings (SSSR count). The Morgan fingerprint density at radius 3 is 2.67 bits per heavy atom. The molecule has 2 aliphatic rings. The van der Waals surface area contributed by atoms with Gasteiger partial charge in [-0.05, 0) is 55.7 Å². The number of anilines is 2. The Morgan fingerprint density at radius 2 is 1.98 bits per heavy atom. The molecule has 0 aromatic carbocycles. The van der Waals surface area contributed by atoms with Gasteiger partial charge in [-0.3, -0.25) is 19.9 Å². The first-order chi connectivity index (χ1) is 19.3. The van der Waals surface area contributed by atoms with Crippen LogP contribution < -0.4 is 15.4 Å². The zero-order valence-corrected chi connectivity index (χ0v) is 22.1.